The topological polar surface area (TPSA) is 24.9 Å². The molecule has 244 valence electrons. The maximum atomic E-state index is 6.27. The fourth-order valence-corrected chi connectivity index (χ4v) is 6.92. The summed E-state index contributed by atoms with van der Waals surface area (Å²) in [7, 11) is 1.66. The SMILES string of the molecule is COc1ccccc1.Cc1ccccc1N1CCC(CC2CCN(c3cc(Oc4ccc(C(C)(C)C)cc4)ccc3C)CC2)CC1. The first kappa shape index (κ1) is 33.4. The molecule has 2 heterocycles. The summed E-state index contributed by atoms with van der Waals surface area (Å²) in [6, 6.07) is 33.6. The molecule has 0 aromatic heterocycles. The van der Waals surface area contributed by atoms with Crippen molar-refractivity contribution in [3.8, 4) is 17.2 Å². The van der Waals surface area contributed by atoms with Crippen molar-refractivity contribution in [2.24, 2.45) is 11.8 Å². The van der Waals surface area contributed by atoms with E-state index in [9.17, 15) is 0 Å². The lowest BCUT2D eigenvalue weighted by molar-refractivity contribution is 0.279. The molecule has 0 aliphatic carbocycles. The van der Waals surface area contributed by atoms with Crippen LogP contribution in [-0.4, -0.2) is 33.3 Å². The lowest BCUT2D eigenvalue weighted by atomic mass is 9.82. The number of hydrogen-bond donors (Lipinski definition) is 0. The van der Waals surface area contributed by atoms with Gasteiger partial charge < -0.3 is 19.3 Å². The molecule has 2 aliphatic heterocycles. The molecule has 4 aromatic rings. The van der Waals surface area contributed by atoms with Gasteiger partial charge in [-0.1, -0.05) is 75.4 Å². The summed E-state index contributed by atoms with van der Waals surface area (Å²) < 4.78 is 11.2. The molecule has 0 radical (unpaired) electrons. The summed E-state index contributed by atoms with van der Waals surface area (Å²) >= 11 is 0. The van der Waals surface area contributed by atoms with E-state index in [2.05, 4.69) is 111 Å². The monoisotopic (exact) mass is 618 g/mol. The van der Waals surface area contributed by atoms with Gasteiger partial charge in [-0.15, -0.1) is 0 Å². The molecule has 0 saturated carbocycles. The van der Waals surface area contributed by atoms with Crippen LogP contribution in [0.3, 0.4) is 0 Å². The van der Waals surface area contributed by atoms with Crippen molar-refractivity contribution in [1.82, 2.24) is 0 Å². The van der Waals surface area contributed by atoms with E-state index in [1.54, 1.807) is 7.11 Å². The number of hydrogen-bond acceptors (Lipinski definition) is 4. The molecule has 4 aromatic carbocycles. The van der Waals surface area contributed by atoms with E-state index in [1.165, 1.54) is 73.3 Å². The Kier molecular flexibility index (Phi) is 11.3. The van der Waals surface area contributed by atoms with Crippen LogP contribution in [0, 0.1) is 25.7 Å². The molecular weight excluding hydrogens is 564 g/mol. The number of methoxy groups -OCH3 is 1. The first-order chi connectivity index (χ1) is 22.2. The van der Waals surface area contributed by atoms with Gasteiger partial charge in [0.15, 0.2) is 0 Å². The first-order valence-electron chi connectivity index (χ1n) is 17.2. The molecule has 2 fully saturated rings. The summed E-state index contributed by atoms with van der Waals surface area (Å²) in [6.07, 6.45) is 6.68. The Bertz CT molecular complexity index is 1490. The van der Waals surface area contributed by atoms with Crippen LogP contribution in [0.2, 0.25) is 0 Å². The molecule has 4 heteroatoms. The van der Waals surface area contributed by atoms with Crippen LogP contribution in [-0.2, 0) is 5.41 Å². The summed E-state index contributed by atoms with van der Waals surface area (Å²) in [6.45, 7) is 15.9. The Hall–Kier alpha value is -3.92. The average Bonchev–Trinajstić information content (AvgIpc) is 3.07. The highest BCUT2D eigenvalue weighted by atomic mass is 16.5. The smallest absolute Gasteiger partial charge is 0.129 e. The van der Waals surface area contributed by atoms with E-state index in [1.807, 2.05) is 30.3 Å². The number of rotatable bonds is 7. The zero-order chi connectivity index (χ0) is 32.5. The minimum absolute atomic E-state index is 0.153. The van der Waals surface area contributed by atoms with Gasteiger partial charge in [0.2, 0.25) is 0 Å². The minimum Gasteiger partial charge on any atom is -0.497 e. The fraction of sp³-hybridized carbons (Fsp3) is 0.429. The van der Waals surface area contributed by atoms with Gasteiger partial charge in [0.25, 0.3) is 0 Å². The summed E-state index contributed by atoms with van der Waals surface area (Å²) in [4.78, 5) is 5.19. The Morgan fingerprint density at radius 3 is 1.65 bits per heavy atom. The van der Waals surface area contributed by atoms with E-state index in [-0.39, 0.29) is 5.41 Å². The van der Waals surface area contributed by atoms with Gasteiger partial charge in [0, 0.05) is 43.6 Å². The lowest BCUT2D eigenvalue weighted by Gasteiger charge is -2.39. The number of para-hydroxylation sites is 2. The number of ether oxygens (including phenoxy) is 2. The molecule has 0 N–H and O–H groups in total. The summed E-state index contributed by atoms with van der Waals surface area (Å²) in [5.41, 5.74) is 6.99. The van der Waals surface area contributed by atoms with Crippen LogP contribution in [0.5, 0.6) is 17.2 Å². The molecule has 0 atom stereocenters. The number of benzene rings is 4. The normalized spacial score (nSPS) is 16.0. The zero-order valence-electron chi connectivity index (χ0n) is 29.0. The molecule has 0 amide bonds. The van der Waals surface area contributed by atoms with Crippen molar-refractivity contribution >= 4 is 11.4 Å². The summed E-state index contributed by atoms with van der Waals surface area (Å²) in [5, 5.41) is 0. The van der Waals surface area contributed by atoms with Crippen LogP contribution in [0.1, 0.15) is 69.6 Å². The van der Waals surface area contributed by atoms with Gasteiger partial charge in [-0.05, 0) is 116 Å². The van der Waals surface area contributed by atoms with Gasteiger partial charge in [-0.2, -0.15) is 0 Å². The van der Waals surface area contributed by atoms with E-state index >= 15 is 0 Å². The number of aryl methyl sites for hydroxylation is 2. The van der Waals surface area contributed by atoms with Gasteiger partial charge >= 0.3 is 0 Å². The second-order valence-corrected chi connectivity index (χ2v) is 14.2. The third kappa shape index (κ3) is 9.09. The standard InChI is InChI=1S/C35H46N2O.C7H8O/c1-26-8-6-7-9-33(26)36-20-16-28(17-21-36)24-29-18-22-37(23-19-29)34-25-32(13-10-27(34)2)38-31-14-11-30(12-15-31)35(3,4)5;1-8-7-5-3-2-4-6-7/h6-15,25,28-29H,16-24H2,1-5H3;2-6H,1H3. The second kappa shape index (κ2) is 15.6. The first-order valence-corrected chi connectivity index (χ1v) is 17.2. The van der Waals surface area contributed by atoms with Gasteiger partial charge in [-0.25, -0.2) is 0 Å². The predicted molar refractivity (Wildman–Crippen MR) is 195 cm³/mol. The van der Waals surface area contributed by atoms with Crippen molar-refractivity contribution in [1.29, 1.82) is 0 Å². The van der Waals surface area contributed by atoms with E-state index in [0.29, 0.717) is 0 Å². The van der Waals surface area contributed by atoms with Crippen molar-refractivity contribution in [3.63, 3.8) is 0 Å². The molecule has 4 nitrogen and oxygen atoms in total. The van der Waals surface area contributed by atoms with Crippen molar-refractivity contribution in [2.45, 2.75) is 72.1 Å². The van der Waals surface area contributed by atoms with Gasteiger partial charge in [-0.3, -0.25) is 0 Å². The Morgan fingerprint density at radius 2 is 1.11 bits per heavy atom. The second-order valence-electron chi connectivity index (χ2n) is 14.2. The highest BCUT2D eigenvalue weighted by Crippen LogP contribution is 2.36. The number of piperidine rings is 2. The van der Waals surface area contributed by atoms with Crippen molar-refractivity contribution < 1.29 is 9.47 Å². The molecule has 2 aliphatic rings. The van der Waals surface area contributed by atoms with Crippen molar-refractivity contribution in [2.75, 3.05) is 43.1 Å². The van der Waals surface area contributed by atoms with E-state index in [0.717, 1.165) is 42.2 Å². The molecule has 6 rings (SSSR count). The molecule has 2 saturated heterocycles. The van der Waals surface area contributed by atoms with Gasteiger partial charge in [0.1, 0.15) is 17.2 Å². The van der Waals surface area contributed by atoms with E-state index < -0.39 is 0 Å². The quantitative estimate of drug-likeness (QED) is 0.206. The Morgan fingerprint density at radius 1 is 0.587 bits per heavy atom. The number of anilines is 2. The Balaban J connectivity index is 0.000000455. The molecule has 0 spiro atoms. The van der Waals surface area contributed by atoms with Crippen LogP contribution in [0.25, 0.3) is 0 Å². The highest BCUT2D eigenvalue weighted by molar-refractivity contribution is 5.58. The maximum absolute atomic E-state index is 6.27. The Labute approximate surface area is 278 Å². The predicted octanol–water partition coefficient (Wildman–Crippen LogP) is 10.6. The van der Waals surface area contributed by atoms with Crippen LogP contribution in [0.15, 0.2) is 97.1 Å². The molecule has 46 heavy (non-hydrogen) atoms. The lowest BCUT2D eigenvalue weighted by Crippen LogP contribution is -2.37. The van der Waals surface area contributed by atoms with Crippen LogP contribution < -0.4 is 19.3 Å². The summed E-state index contributed by atoms with van der Waals surface area (Å²) in [5.74, 6) is 4.49. The van der Waals surface area contributed by atoms with E-state index in [4.69, 9.17) is 9.47 Å². The average molecular weight is 619 g/mol. The third-order valence-electron chi connectivity index (χ3n) is 9.81. The third-order valence-corrected chi connectivity index (χ3v) is 9.81. The minimum atomic E-state index is 0.153. The van der Waals surface area contributed by atoms with Crippen LogP contribution in [0.4, 0.5) is 11.4 Å². The number of nitrogens with zero attached hydrogens (tertiary/aromatic N) is 2. The zero-order valence-corrected chi connectivity index (χ0v) is 29.0. The van der Waals surface area contributed by atoms with Crippen molar-refractivity contribution in [3.05, 3.63) is 114 Å². The fourth-order valence-electron chi connectivity index (χ4n) is 6.92. The highest BCUT2D eigenvalue weighted by Gasteiger charge is 2.26. The molecular formula is C42H54N2O2. The molecule has 0 bridgehead atoms. The largest absolute Gasteiger partial charge is 0.497 e. The van der Waals surface area contributed by atoms with Gasteiger partial charge in [0.05, 0.1) is 7.11 Å². The van der Waals surface area contributed by atoms with Crippen LogP contribution >= 0.6 is 0 Å². The molecule has 0 unspecified atom stereocenters. The maximum Gasteiger partial charge on any atom is 0.129 e.